The van der Waals surface area contributed by atoms with Gasteiger partial charge in [0.25, 0.3) is 0 Å². The first-order chi connectivity index (χ1) is 9.83. The van der Waals surface area contributed by atoms with Gasteiger partial charge < -0.3 is 9.47 Å². The largest absolute Gasteiger partial charge is 0.459 e. The lowest BCUT2D eigenvalue weighted by atomic mass is 10.1. The Morgan fingerprint density at radius 3 is 2.29 bits per heavy atom. The topological polar surface area (TPSA) is 52.6 Å². The van der Waals surface area contributed by atoms with Crippen LogP contribution in [0.5, 0.6) is 0 Å². The monoisotopic (exact) mass is 288 g/mol. The number of esters is 2. The number of carbonyl (C=O) groups excluding carboxylic acids is 2. The molecule has 2 rings (SSSR count). The first kappa shape index (κ1) is 15.3. The van der Waals surface area contributed by atoms with Crippen LogP contribution in [0.15, 0.2) is 41.7 Å². The second kappa shape index (κ2) is 5.72. The molecule has 0 radical (unpaired) electrons. The summed E-state index contributed by atoms with van der Waals surface area (Å²) >= 11 is 0. The molecule has 0 bridgehead atoms. The number of allylic oxidation sites excluding steroid dienone is 1. The molecule has 4 nitrogen and oxygen atoms in total. The highest BCUT2D eigenvalue weighted by atomic mass is 16.6. The average molecular weight is 288 g/mol. The van der Waals surface area contributed by atoms with Gasteiger partial charge in [-0.3, -0.25) is 4.79 Å². The molecule has 4 heteroatoms. The summed E-state index contributed by atoms with van der Waals surface area (Å²) in [6, 6.07) is 8.85. The summed E-state index contributed by atoms with van der Waals surface area (Å²) in [5.74, 6) is -0.155. The van der Waals surface area contributed by atoms with Crippen LogP contribution < -0.4 is 0 Å². The molecule has 0 amide bonds. The Labute approximate surface area is 124 Å². The van der Waals surface area contributed by atoms with Gasteiger partial charge in [0, 0.05) is 13.3 Å². The van der Waals surface area contributed by atoms with Crippen LogP contribution in [-0.2, 0) is 14.3 Å². The van der Waals surface area contributed by atoms with Crippen molar-refractivity contribution in [3.8, 4) is 0 Å². The Hall–Kier alpha value is -2.10. The molecule has 1 saturated carbocycles. The lowest BCUT2D eigenvalue weighted by Gasteiger charge is -2.15. The fraction of sp³-hybridized carbons (Fsp3) is 0.412. The molecule has 0 heterocycles. The third kappa shape index (κ3) is 3.51. The van der Waals surface area contributed by atoms with Crippen molar-refractivity contribution in [1.82, 2.24) is 0 Å². The molecule has 1 aromatic carbocycles. The highest BCUT2D eigenvalue weighted by molar-refractivity contribution is 5.90. The standard InChI is InChI=1S/C17H20O4/c1-11(2)15(14-10-17(14,4)21-12(3)18)20-16(19)13-8-6-5-7-9-13/h5-9,14H,10H2,1-4H3. The van der Waals surface area contributed by atoms with Crippen LogP contribution in [-0.4, -0.2) is 17.5 Å². The maximum absolute atomic E-state index is 12.2. The third-order valence-corrected chi connectivity index (χ3v) is 3.58. The number of hydrogen-bond donors (Lipinski definition) is 0. The summed E-state index contributed by atoms with van der Waals surface area (Å²) in [4.78, 5) is 23.3. The second-order valence-electron chi connectivity index (χ2n) is 5.78. The summed E-state index contributed by atoms with van der Waals surface area (Å²) in [5.41, 5.74) is 0.862. The van der Waals surface area contributed by atoms with Gasteiger partial charge in [-0.2, -0.15) is 0 Å². The predicted molar refractivity (Wildman–Crippen MR) is 78.5 cm³/mol. The molecule has 1 aliphatic rings. The molecular weight excluding hydrogens is 268 g/mol. The minimum atomic E-state index is -0.560. The van der Waals surface area contributed by atoms with E-state index in [1.807, 2.05) is 26.8 Å². The third-order valence-electron chi connectivity index (χ3n) is 3.58. The minimum absolute atomic E-state index is 0.0564. The SMILES string of the molecule is CC(=O)OC1(C)CC1C(OC(=O)c1ccccc1)=C(C)C. The number of ether oxygens (including phenoxy) is 2. The Balaban J connectivity index is 2.11. The molecule has 0 spiro atoms. The maximum atomic E-state index is 12.2. The smallest absolute Gasteiger partial charge is 0.343 e. The van der Waals surface area contributed by atoms with Crippen molar-refractivity contribution in [2.75, 3.05) is 0 Å². The normalized spacial score (nSPS) is 23.1. The Morgan fingerprint density at radius 2 is 1.76 bits per heavy atom. The van der Waals surface area contributed by atoms with Crippen LogP contribution in [0.4, 0.5) is 0 Å². The van der Waals surface area contributed by atoms with Crippen LogP contribution in [0.3, 0.4) is 0 Å². The molecule has 1 fully saturated rings. The zero-order chi connectivity index (χ0) is 15.6. The molecule has 1 aliphatic carbocycles. The van der Waals surface area contributed by atoms with E-state index >= 15 is 0 Å². The molecule has 112 valence electrons. The highest BCUT2D eigenvalue weighted by Gasteiger charge is 2.57. The molecule has 1 aromatic rings. The summed E-state index contributed by atoms with van der Waals surface area (Å²) < 4.78 is 10.9. The van der Waals surface area contributed by atoms with Crippen molar-refractivity contribution in [3.63, 3.8) is 0 Å². The first-order valence-corrected chi connectivity index (χ1v) is 6.97. The molecule has 0 N–H and O–H groups in total. The van der Waals surface area contributed by atoms with E-state index in [9.17, 15) is 9.59 Å². The molecule has 0 saturated heterocycles. The Bertz CT molecular complexity index is 584. The van der Waals surface area contributed by atoms with E-state index in [2.05, 4.69) is 0 Å². The summed E-state index contributed by atoms with van der Waals surface area (Å²) in [7, 11) is 0. The van der Waals surface area contributed by atoms with E-state index in [-0.39, 0.29) is 17.9 Å². The second-order valence-corrected chi connectivity index (χ2v) is 5.78. The van der Waals surface area contributed by atoms with Crippen LogP contribution in [0, 0.1) is 5.92 Å². The molecule has 21 heavy (non-hydrogen) atoms. The van der Waals surface area contributed by atoms with Gasteiger partial charge in [0.05, 0.1) is 11.5 Å². The molecule has 0 aromatic heterocycles. The molecule has 0 aliphatic heterocycles. The summed E-state index contributed by atoms with van der Waals surface area (Å²) in [6.45, 7) is 7.03. The van der Waals surface area contributed by atoms with Crippen molar-refractivity contribution in [3.05, 3.63) is 47.2 Å². The fourth-order valence-electron chi connectivity index (χ4n) is 2.41. The number of rotatable bonds is 4. The number of hydrogen-bond acceptors (Lipinski definition) is 4. The van der Waals surface area contributed by atoms with Gasteiger partial charge in [0.15, 0.2) is 0 Å². The predicted octanol–water partition coefficient (Wildman–Crippen LogP) is 3.48. The summed E-state index contributed by atoms with van der Waals surface area (Å²) in [6.07, 6.45) is 0.676. The van der Waals surface area contributed by atoms with Gasteiger partial charge >= 0.3 is 11.9 Å². The van der Waals surface area contributed by atoms with Gasteiger partial charge in [0.1, 0.15) is 11.4 Å². The van der Waals surface area contributed by atoms with Gasteiger partial charge in [-0.15, -0.1) is 0 Å². The van der Waals surface area contributed by atoms with Gasteiger partial charge in [-0.05, 0) is 38.5 Å². The average Bonchev–Trinajstić information content (AvgIpc) is 3.06. The Kier molecular flexibility index (Phi) is 4.16. The van der Waals surface area contributed by atoms with Crippen molar-refractivity contribution < 1.29 is 19.1 Å². The highest BCUT2D eigenvalue weighted by Crippen LogP contribution is 2.52. The molecule has 2 unspecified atom stereocenters. The van der Waals surface area contributed by atoms with E-state index in [4.69, 9.17) is 9.47 Å². The van der Waals surface area contributed by atoms with E-state index in [1.54, 1.807) is 24.3 Å². The number of benzene rings is 1. The van der Waals surface area contributed by atoms with Crippen LogP contribution in [0.25, 0.3) is 0 Å². The van der Waals surface area contributed by atoms with E-state index in [1.165, 1.54) is 6.92 Å². The van der Waals surface area contributed by atoms with Gasteiger partial charge in [-0.25, -0.2) is 4.79 Å². The van der Waals surface area contributed by atoms with Crippen LogP contribution in [0.2, 0.25) is 0 Å². The van der Waals surface area contributed by atoms with Crippen molar-refractivity contribution >= 4 is 11.9 Å². The lowest BCUT2D eigenvalue weighted by molar-refractivity contribution is -0.148. The van der Waals surface area contributed by atoms with Crippen molar-refractivity contribution in [2.24, 2.45) is 5.92 Å². The van der Waals surface area contributed by atoms with Crippen LogP contribution >= 0.6 is 0 Å². The minimum Gasteiger partial charge on any atom is -0.459 e. The van der Waals surface area contributed by atoms with E-state index < -0.39 is 5.60 Å². The van der Waals surface area contributed by atoms with Crippen molar-refractivity contribution in [1.29, 1.82) is 0 Å². The van der Waals surface area contributed by atoms with E-state index in [0.29, 0.717) is 17.7 Å². The fourth-order valence-corrected chi connectivity index (χ4v) is 2.41. The molecular formula is C17H20O4. The zero-order valence-corrected chi connectivity index (χ0v) is 12.8. The van der Waals surface area contributed by atoms with Gasteiger partial charge in [-0.1, -0.05) is 18.2 Å². The van der Waals surface area contributed by atoms with Crippen LogP contribution in [0.1, 0.15) is 44.5 Å². The lowest BCUT2D eigenvalue weighted by Crippen LogP contribution is -2.19. The summed E-state index contributed by atoms with van der Waals surface area (Å²) in [5, 5.41) is 0. The maximum Gasteiger partial charge on any atom is 0.343 e. The number of carbonyl (C=O) groups is 2. The van der Waals surface area contributed by atoms with Gasteiger partial charge in [0.2, 0.25) is 0 Å². The van der Waals surface area contributed by atoms with E-state index in [0.717, 1.165) is 5.57 Å². The van der Waals surface area contributed by atoms with Crippen molar-refractivity contribution in [2.45, 2.75) is 39.7 Å². The quantitative estimate of drug-likeness (QED) is 0.628. The zero-order valence-electron chi connectivity index (χ0n) is 12.8. The Morgan fingerprint density at radius 1 is 1.14 bits per heavy atom. The first-order valence-electron chi connectivity index (χ1n) is 6.97. The molecule has 2 atom stereocenters.